The molecule has 0 spiro atoms. The molecule has 2 rings (SSSR count). The Morgan fingerprint density at radius 3 is 2.43 bits per heavy atom. The summed E-state index contributed by atoms with van der Waals surface area (Å²) in [7, 11) is 3.39. The molecule has 0 aromatic carbocycles. The highest BCUT2D eigenvalue weighted by Gasteiger charge is 2.22. The van der Waals surface area contributed by atoms with Crippen LogP contribution in [0.15, 0.2) is 23.5 Å². The molecular formula is C18H32IN7O2. The zero-order chi connectivity index (χ0) is 19.7. The van der Waals surface area contributed by atoms with E-state index in [1.54, 1.807) is 32.6 Å². The van der Waals surface area contributed by atoms with Gasteiger partial charge in [-0.05, 0) is 19.9 Å². The summed E-state index contributed by atoms with van der Waals surface area (Å²) in [4.78, 5) is 29.1. The topological polar surface area (TPSA) is 95.0 Å². The van der Waals surface area contributed by atoms with Gasteiger partial charge in [-0.15, -0.1) is 24.0 Å². The largest absolute Gasteiger partial charge is 0.377 e. The number of aliphatic imine (C=N–C) groups is 1. The number of hydrogen-bond acceptors (Lipinski definition) is 6. The number of carbonyl (C=O) groups is 1. The van der Waals surface area contributed by atoms with E-state index in [4.69, 9.17) is 4.74 Å². The molecule has 9 nitrogen and oxygen atoms in total. The molecule has 1 fully saturated rings. The van der Waals surface area contributed by atoms with Crippen molar-refractivity contribution in [3.63, 3.8) is 0 Å². The molecule has 0 radical (unpaired) electrons. The average Bonchev–Trinajstić information content (AvgIpc) is 2.71. The molecule has 0 unspecified atom stereocenters. The van der Waals surface area contributed by atoms with Crippen LogP contribution in [0.3, 0.4) is 0 Å². The van der Waals surface area contributed by atoms with E-state index in [1.807, 2.05) is 18.7 Å². The molecule has 0 aliphatic carbocycles. The number of nitrogens with one attached hydrogen (secondary N) is 2. The Balaban J connectivity index is 0.00000392. The first-order valence-corrected chi connectivity index (χ1v) is 9.24. The van der Waals surface area contributed by atoms with E-state index in [1.165, 1.54) is 0 Å². The highest BCUT2D eigenvalue weighted by Crippen LogP contribution is 2.10. The standard InChI is InChI=1S/C18H31N7O2.HI/c1-18(2,27-4)14-23-16(19-3)20-9-6-15(26)24-10-12-25(13-11-24)17-21-7-5-8-22-17;/h5,7-8H,6,9-14H2,1-4H3,(H2,19,20,23);1H. The number of carbonyl (C=O) groups excluding carboxylic acids is 1. The van der Waals surface area contributed by atoms with Crippen molar-refractivity contribution in [3.05, 3.63) is 18.5 Å². The van der Waals surface area contributed by atoms with Crippen molar-refractivity contribution in [2.24, 2.45) is 4.99 Å². The number of anilines is 1. The lowest BCUT2D eigenvalue weighted by atomic mass is 10.1. The SMILES string of the molecule is CN=C(NCCC(=O)N1CCN(c2ncccn2)CC1)NCC(C)(C)OC.I. The number of hydrogen-bond donors (Lipinski definition) is 2. The Morgan fingerprint density at radius 2 is 1.86 bits per heavy atom. The molecule has 10 heteroatoms. The lowest BCUT2D eigenvalue weighted by molar-refractivity contribution is -0.131. The molecule has 1 aliphatic rings. The van der Waals surface area contributed by atoms with Gasteiger partial charge in [0.05, 0.1) is 5.60 Å². The van der Waals surface area contributed by atoms with Crippen LogP contribution >= 0.6 is 24.0 Å². The third-order valence-electron chi connectivity index (χ3n) is 4.56. The lowest BCUT2D eigenvalue weighted by Crippen LogP contribution is -2.50. The van der Waals surface area contributed by atoms with E-state index in [9.17, 15) is 4.79 Å². The van der Waals surface area contributed by atoms with E-state index in [-0.39, 0.29) is 35.5 Å². The molecule has 1 aliphatic heterocycles. The molecule has 0 bridgehead atoms. The Morgan fingerprint density at radius 1 is 1.21 bits per heavy atom. The van der Waals surface area contributed by atoms with Gasteiger partial charge in [-0.3, -0.25) is 9.79 Å². The number of amides is 1. The van der Waals surface area contributed by atoms with Crippen molar-refractivity contribution in [2.75, 3.05) is 58.3 Å². The van der Waals surface area contributed by atoms with Gasteiger partial charge in [-0.2, -0.15) is 0 Å². The van der Waals surface area contributed by atoms with Crippen molar-refractivity contribution in [3.8, 4) is 0 Å². The van der Waals surface area contributed by atoms with Gasteiger partial charge in [0.15, 0.2) is 5.96 Å². The summed E-state index contributed by atoms with van der Waals surface area (Å²) in [5.41, 5.74) is -0.282. The van der Waals surface area contributed by atoms with Gasteiger partial charge in [0.25, 0.3) is 0 Å². The summed E-state index contributed by atoms with van der Waals surface area (Å²) in [5.74, 6) is 1.53. The number of ether oxygens (including phenoxy) is 1. The predicted molar refractivity (Wildman–Crippen MR) is 121 cm³/mol. The van der Waals surface area contributed by atoms with Crippen molar-refractivity contribution in [1.82, 2.24) is 25.5 Å². The second-order valence-electron chi connectivity index (χ2n) is 6.98. The van der Waals surface area contributed by atoms with Gasteiger partial charge in [-0.25, -0.2) is 9.97 Å². The van der Waals surface area contributed by atoms with Gasteiger partial charge < -0.3 is 25.2 Å². The second-order valence-corrected chi connectivity index (χ2v) is 6.98. The first-order valence-electron chi connectivity index (χ1n) is 9.24. The molecular weight excluding hydrogens is 473 g/mol. The number of aromatic nitrogens is 2. The normalized spacial score (nSPS) is 15.1. The van der Waals surface area contributed by atoms with E-state index in [2.05, 4.69) is 30.5 Å². The van der Waals surface area contributed by atoms with Crippen LogP contribution in [0, 0.1) is 0 Å². The molecule has 2 N–H and O–H groups in total. The first-order chi connectivity index (χ1) is 12.9. The summed E-state index contributed by atoms with van der Waals surface area (Å²) in [6.45, 7) is 8.03. The Kier molecular flexibility index (Phi) is 10.4. The second kappa shape index (κ2) is 12.0. The number of guanidine groups is 1. The predicted octanol–water partition coefficient (Wildman–Crippen LogP) is 0.723. The lowest BCUT2D eigenvalue weighted by Gasteiger charge is -2.34. The molecule has 28 heavy (non-hydrogen) atoms. The zero-order valence-electron chi connectivity index (χ0n) is 17.1. The molecule has 0 atom stereocenters. The fraction of sp³-hybridized carbons (Fsp3) is 0.667. The summed E-state index contributed by atoms with van der Waals surface area (Å²) < 4.78 is 5.38. The smallest absolute Gasteiger partial charge is 0.225 e. The van der Waals surface area contributed by atoms with Gasteiger partial charge in [0.1, 0.15) is 0 Å². The van der Waals surface area contributed by atoms with Crippen molar-refractivity contribution < 1.29 is 9.53 Å². The number of halogens is 1. The molecule has 158 valence electrons. The highest BCUT2D eigenvalue weighted by molar-refractivity contribution is 14.0. The maximum atomic E-state index is 12.4. The Bertz CT molecular complexity index is 620. The first kappa shape index (κ1) is 24.3. The van der Waals surface area contributed by atoms with Crippen molar-refractivity contribution in [1.29, 1.82) is 0 Å². The fourth-order valence-electron chi connectivity index (χ4n) is 2.65. The average molecular weight is 505 g/mol. The highest BCUT2D eigenvalue weighted by atomic mass is 127. The third kappa shape index (κ3) is 7.74. The van der Waals surface area contributed by atoms with Crippen LogP contribution in [0.2, 0.25) is 0 Å². The minimum absolute atomic E-state index is 0. The van der Waals surface area contributed by atoms with Gasteiger partial charge in [0.2, 0.25) is 11.9 Å². The van der Waals surface area contributed by atoms with Crippen LogP contribution in [0.4, 0.5) is 5.95 Å². The molecule has 0 saturated carbocycles. The fourth-order valence-corrected chi connectivity index (χ4v) is 2.65. The monoisotopic (exact) mass is 505 g/mol. The molecule has 2 heterocycles. The van der Waals surface area contributed by atoms with Crippen LogP contribution in [-0.4, -0.2) is 85.8 Å². The quantitative estimate of drug-likeness (QED) is 0.321. The number of nitrogens with zero attached hydrogens (tertiary/aromatic N) is 5. The molecule has 1 aromatic rings. The Hall–Kier alpha value is -1.69. The van der Waals surface area contributed by atoms with Crippen LogP contribution in [0.1, 0.15) is 20.3 Å². The zero-order valence-corrected chi connectivity index (χ0v) is 19.5. The van der Waals surface area contributed by atoms with Gasteiger partial charge in [0, 0.05) is 72.2 Å². The minimum atomic E-state index is -0.282. The van der Waals surface area contributed by atoms with Gasteiger partial charge >= 0.3 is 0 Å². The van der Waals surface area contributed by atoms with E-state index >= 15 is 0 Å². The molecule has 1 saturated heterocycles. The van der Waals surface area contributed by atoms with Gasteiger partial charge in [-0.1, -0.05) is 0 Å². The maximum Gasteiger partial charge on any atom is 0.225 e. The number of piperazine rings is 1. The molecule has 1 amide bonds. The summed E-state index contributed by atoms with van der Waals surface area (Å²) in [5, 5.41) is 6.38. The third-order valence-corrected chi connectivity index (χ3v) is 4.56. The van der Waals surface area contributed by atoms with Crippen LogP contribution in [0.25, 0.3) is 0 Å². The van der Waals surface area contributed by atoms with Crippen LogP contribution in [-0.2, 0) is 9.53 Å². The Labute approximate surface area is 184 Å². The van der Waals surface area contributed by atoms with Crippen molar-refractivity contribution in [2.45, 2.75) is 25.9 Å². The van der Waals surface area contributed by atoms with Crippen LogP contribution < -0.4 is 15.5 Å². The maximum absolute atomic E-state index is 12.4. The number of methoxy groups -OCH3 is 1. The van der Waals surface area contributed by atoms with Crippen molar-refractivity contribution >= 4 is 41.8 Å². The van der Waals surface area contributed by atoms with E-state index < -0.39 is 0 Å². The molecule has 1 aromatic heterocycles. The minimum Gasteiger partial charge on any atom is -0.377 e. The van der Waals surface area contributed by atoms with E-state index in [0.29, 0.717) is 38.6 Å². The number of rotatable bonds is 7. The summed E-state index contributed by atoms with van der Waals surface area (Å²) in [6, 6.07) is 1.80. The van der Waals surface area contributed by atoms with Crippen LogP contribution in [0.5, 0.6) is 0 Å². The van der Waals surface area contributed by atoms with E-state index in [0.717, 1.165) is 19.0 Å². The summed E-state index contributed by atoms with van der Waals surface area (Å²) in [6.07, 6.45) is 3.90. The summed E-state index contributed by atoms with van der Waals surface area (Å²) >= 11 is 0.